The summed E-state index contributed by atoms with van der Waals surface area (Å²) in [6, 6.07) is 6.79. The largest absolute Gasteiger partial charge is 0.429 e. The van der Waals surface area contributed by atoms with Gasteiger partial charge in [0.1, 0.15) is 5.76 Å². The van der Waals surface area contributed by atoms with Gasteiger partial charge >= 0.3 is 0 Å². The summed E-state index contributed by atoms with van der Waals surface area (Å²) >= 11 is 0. The van der Waals surface area contributed by atoms with E-state index < -0.39 is 0 Å². The second kappa shape index (κ2) is 4.62. The van der Waals surface area contributed by atoms with Crippen LogP contribution in [0.25, 0.3) is 0 Å². The van der Waals surface area contributed by atoms with Crippen LogP contribution in [-0.2, 0) is 12.8 Å². The minimum Gasteiger partial charge on any atom is -0.429 e. The monoisotopic (exact) mass is 230 g/mol. The summed E-state index contributed by atoms with van der Waals surface area (Å²) in [5.41, 5.74) is 10.5. The molecule has 90 valence electrons. The van der Waals surface area contributed by atoms with E-state index in [1.54, 1.807) is 0 Å². The maximum absolute atomic E-state index is 5.52. The molecule has 17 heavy (non-hydrogen) atoms. The van der Waals surface area contributed by atoms with Gasteiger partial charge in [0.15, 0.2) is 0 Å². The maximum Gasteiger partial charge on any atom is 0.292 e. The van der Waals surface area contributed by atoms with Crippen molar-refractivity contribution in [3.05, 3.63) is 46.3 Å². The number of benzene rings is 1. The molecule has 0 saturated carbocycles. The summed E-state index contributed by atoms with van der Waals surface area (Å²) in [5, 5.41) is 0. The van der Waals surface area contributed by atoms with Gasteiger partial charge in [-0.2, -0.15) is 4.98 Å². The molecule has 0 aliphatic heterocycles. The smallest absolute Gasteiger partial charge is 0.292 e. The van der Waals surface area contributed by atoms with E-state index in [0.29, 0.717) is 0 Å². The first kappa shape index (κ1) is 11.7. The fourth-order valence-corrected chi connectivity index (χ4v) is 2.00. The van der Waals surface area contributed by atoms with Crippen LogP contribution in [0, 0.1) is 20.8 Å². The Morgan fingerprint density at radius 2 is 1.94 bits per heavy atom. The zero-order chi connectivity index (χ0) is 12.4. The molecule has 3 nitrogen and oxygen atoms in total. The summed E-state index contributed by atoms with van der Waals surface area (Å²) in [5.74, 6) is 0.827. The molecular formula is C14H18N2O. The van der Waals surface area contributed by atoms with E-state index in [0.717, 1.165) is 24.3 Å². The molecule has 0 atom stereocenters. The van der Waals surface area contributed by atoms with Crippen LogP contribution < -0.4 is 5.73 Å². The Bertz CT molecular complexity index is 529. The average Bonchev–Trinajstić information content (AvgIpc) is 2.59. The van der Waals surface area contributed by atoms with E-state index in [9.17, 15) is 0 Å². The lowest BCUT2D eigenvalue weighted by molar-refractivity contribution is 0.544. The number of oxazole rings is 1. The number of hydrogen-bond donors (Lipinski definition) is 1. The molecule has 2 rings (SSSR count). The second-order valence-electron chi connectivity index (χ2n) is 4.48. The van der Waals surface area contributed by atoms with Crippen molar-refractivity contribution in [2.24, 2.45) is 0 Å². The number of hydrogen-bond acceptors (Lipinski definition) is 3. The molecule has 1 heterocycles. The molecule has 1 aromatic carbocycles. The second-order valence-corrected chi connectivity index (χ2v) is 4.48. The number of aryl methyl sites for hydroxylation is 5. The van der Waals surface area contributed by atoms with Gasteiger partial charge in [0.2, 0.25) is 0 Å². The van der Waals surface area contributed by atoms with Crippen LogP contribution >= 0.6 is 0 Å². The van der Waals surface area contributed by atoms with Crippen molar-refractivity contribution in [2.75, 3.05) is 5.73 Å². The van der Waals surface area contributed by atoms with E-state index in [-0.39, 0.29) is 6.01 Å². The predicted octanol–water partition coefficient (Wildman–Crippen LogP) is 2.97. The van der Waals surface area contributed by atoms with Crippen LogP contribution in [0.15, 0.2) is 22.6 Å². The zero-order valence-corrected chi connectivity index (χ0v) is 10.6. The molecule has 0 radical (unpaired) electrons. The Morgan fingerprint density at radius 3 is 2.59 bits per heavy atom. The molecular weight excluding hydrogens is 212 g/mol. The van der Waals surface area contributed by atoms with Gasteiger partial charge in [-0.1, -0.05) is 23.8 Å². The van der Waals surface area contributed by atoms with E-state index in [1.807, 2.05) is 6.92 Å². The lowest BCUT2D eigenvalue weighted by atomic mass is 10.0. The number of rotatable bonds is 3. The third kappa shape index (κ3) is 2.67. The van der Waals surface area contributed by atoms with Crippen molar-refractivity contribution >= 4 is 6.01 Å². The maximum atomic E-state index is 5.52. The fourth-order valence-electron chi connectivity index (χ4n) is 2.00. The molecule has 0 aliphatic carbocycles. The quantitative estimate of drug-likeness (QED) is 0.882. The Kier molecular flexibility index (Phi) is 3.18. The summed E-state index contributed by atoms with van der Waals surface area (Å²) in [6.45, 7) is 6.16. The Morgan fingerprint density at radius 1 is 1.18 bits per heavy atom. The van der Waals surface area contributed by atoms with Crippen molar-refractivity contribution < 1.29 is 4.42 Å². The standard InChI is InChI=1S/C14H18N2O/c1-9-4-5-10(2)12(8-9)6-7-13-11(3)17-14(15)16-13/h4-5,8H,6-7H2,1-3H3,(H2,15,16). The van der Waals surface area contributed by atoms with E-state index in [2.05, 4.69) is 37.0 Å². The van der Waals surface area contributed by atoms with Crippen LogP contribution in [0.5, 0.6) is 0 Å². The van der Waals surface area contributed by atoms with Gasteiger partial charge in [-0.25, -0.2) is 0 Å². The van der Waals surface area contributed by atoms with Crippen LogP contribution in [0.2, 0.25) is 0 Å². The highest BCUT2D eigenvalue weighted by Gasteiger charge is 2.08. The third-order valence-corrected chi connectivity index (χ3v) is 3.04. The van der Waals surface area contributed by atoms with Gasteiger partial charge in [-0.15, -0.1) is 0 Å². The highest BCUT2D eigenvalue weighted by atomic mass is 16.4. The van der Waals surface area contributed by atoms with Crippen LogP contribution in [0.3, 0.4) is 0 Å². The minimum atomic E-state index is 0.262. The molecule has 2 aromatic rings. The van der Waals surface area contributed by atoms with Gasteiger partial charge in [0, 0.05) is 0 Å². The molecule has 0 bridgehead atoms. The normalized spacial score (nSPS) is 10.8. The summed E-state index contributed by atoms with van der Waals surface area (Å²) < 4.78 is 5.22. The Balaban J connectivity index is 2.12. The summed E-state index contributed by atoms with van der Waals surface area (Å²) in [6.07, 6.45) is 1.84. The molecule has 0 unspecified atom stereocenters. The first-order valence-corrected chi connectivity index (χ1v) is 5.84. The van der Waals surface area contributed by atoms with Crippen molar-refractivity contribution in [1.29, 1.82) is 0 Å². The van der Waals surface area contributed by atoms with Crippen LogP contribution in [-0.4, -0.2) is 4.98 Å². The van der Waals surface area contributed by atoms with E-state index in [4.69, 9.17) is 10.2 Å². The van der Waals surface area contributed by atoms with Crippen molar-refractivity contribution in [3.8, 4) is 0 Å². The van der Waals surface area contributed by atoms with Crippen molar-refractivity contribution in [1.82, 2.24) is 4.98 Å². The zero-order valence-electron chi connectivity index (χ0n) is 10.6. The summed E-state index contributed by atoms with van der Waals surface area (Å²) in [7, 11) is 0. The molecule has 3 heteroatoms. The van der Waals surface area contributed by atoms with Crippen LogP contribution in [0.1, 0.15) is 28.1 Å². The molecule has 0 amide bonds. The molecule has 1 aromatic heterocycles. The molecule has 0 saturated heterocycles. The van der Waals surface area contributed by atoms with Gasteiger partial charge in [0.05, 0.1) is 5.69 Å². The Hall–Kier alpha value is -1.77. The first-order valence-electron chi connectivity index (χ1n) is 5.84. The van der Waals surface area contributed by atoms with Crippen molar-refractivity contribution in [3.63, 3.8) is 0 Å². The van der Waals surface area contributed by atoms with Gasteiger partial charge in [-0.3, -0.25) is 0 Å². The highest BCUT2D eigenvalue weighted by molar-refractivity contribution is 5.31. The fraction of sp³-hybridized carbons (Fsp3) is 0.357. The number of nitrogens with zero attached hydrogens (tertiary/aromatic N) is 1. The van der Waals surface area contributed by atoms with Crippen LogP contribution in [0.4, 0.5) is 6.01 Å². The van der Waals surface area contributed by atoms with Gasteiger partial charge < -0.3 is 10.2 Å². The number of anilines is 1. The lowest BCUT2D eigenvalue weighted by Crippen LogP contribution is -1.97. The number of aromatic nitrogens is 1. The number of nitrogens with two attached hydrogens (primary N) is 1. The SMILES string of the molecule is Cc1ccc(C)c(CCc2nc(N)oc2C)c1. The molecule has 2 N–H and O–H groups in total. The molecule has 0 spiro atoms. The topological polar surface area (TPSA) is 52.0 Å². The van der Waals surface area contributed by atoms with Gasteiger partial charge in [0.25, 0.3) is 6.01 Å². The minimum absolute atomic E-state index is 0.262. The van der Waals surface area contributed by atoms with E-state index in [1.165, 1.54) is 16.7 Å². The average molecular weight is 230 g/mol. The highest BCUT2D eigenvalue weighted by Crippen LogP contribution is 2.16. The Labute approximate surface area is 102 Å². The molecule has 0 aliphatic rings. The number of nitrogen functional groups attached to an aromatic ring is 1. The van der Waals surface area contributed by atoms with Gasteiger partial charge in [-0.05, 0) is 44.7 Å². The van der Waals surface area contributed by atoms with E-state index >= 15 is 0 Å². The first-order chi connectivity index (χ1) is 8.06. The lowest BCUT2D eigenvalue weighted by Gasteiger charge is -2.06. The van der Waals surface area contributed by atoms with Crippen molar-refractivity contribution in [2.45, 2.75) is 33.6 Å². The molecule has 0 fully saturated rings. The third-order valence-electron chi connectivity index (χ3n) is 3.04. The summed E-state index contributed by atoms with van der Waals surface area (Å²) in [4.78, 5) is 4.19. The predicted molar refractivity (Wildman–Crippen MR) is 69.0 cm³/mol.